The number of carbonyl (C=O) groups is 2. The molecule has 7 heteroatoms. The smallest absolute Gasteiger partial charge is 0.327 e. The Labute approximate surface area is 121 Å². The number of rotatable bonds is 2. The molecule has 1 N–H and O–H groups in total. The van der Waals surface area contributed by atoms with Crippen LogP contribution in [0.5, 0.6) is 0 Å². The summed E-state index contributed by atoms with van der Waals surface area (Å²) in [6.07, 6.45) is 0. The molecule has 1 aliphatic rings. The van der Waals surface area contributed by atoms with E-state index >= 15 is 0 Å². The van der Waals surface area contributed by atoms with Crippen LogP contribution in [-0.4, -0.2) is 39.6 Å². The second-order valence-electron chi connectivity index (χ2n) is 3.75. The first kappa shape index (κ1) is 13.7. The summed E-state index contributed by atoms with van der Waals surface area (Å²) < 4.78 is 0.731. The lowest BCUT2D eigenvalue weighted by Gasteiger charge is -2.21. The van der Waals surface area contributed by atoms with Gasteiger partial charge in [0.05, 0.1) is 16.5 Å². The van der Waals surface area contributed by atoms with Crippen LogP contribution < -0.4 is 0 Å². The van der Waals surface area contributed by atoms with Gasteiger partial charge in [-0.1, -0.05) is 27.5 Å². The van der Waals surface area contributed by atoms with Gasteiger partial charge in [0.25, 0.3) is 5.91 Å². The van der Waals surface area contributed by atoms with Crippen molar-refractivity contribution >= 4 is 51.2 Å². The van der Waals surface area contributed by atoms with Gasteiger partial charge in [0, 0.05) is 10.2 Å². The summed E-state index contributed by atoms with van der Waals surface area (Å²) in [6, 6.07) is 4.16. The van der Waals surface area contributed by atoms with E-state index in [1.165, 1.54) is 16.7 Å². The van der Waals surface area contributed by atoms with Crippen molar-refractivity contribution in [2.24, 2.45) is 0 Å². The second-order valence-corrected chi connectivity index (χ2v) is 6.08. The van der Waals surface area contributed by atoms with Crippen molar-refractivity contribution in [2.45, 2.75) is 6.04 Å². The van der Waals surface area contributed by atoms with Crippen molar-refractivity contribution in [1.82, 2.24) is 4.90 Å². The van der Waals surface area contributed by atoms with E-state index in [1.54, 1.807) is 18.2 Å². The Morgan fingerprint density at radius 2 is 2.22 bits per heavy atom. The van der Waals surface area contributed by atoms with Crippen LogP contribution in [0.3, 0.4) is 0 Å². The molecule has 0 bridgehead atoms. The summed E-state index contributed by atoms with van der Waals surface area (Å²) in [5, 5.41) is 9.38. The standard InChI is InChI=1S/C11H9BrClNO3S/c12-6-1-2-8(13)7(3-6)10(15)14-5-18-4-9(14)11(16)17/h1-3,9H,4-5H2,(H,16,17). The van der Waals surface area contributed by atoms with Gasteiger partial charge in [0.2, 0.25) is 0 Å². The van der Waals surface area contributed by atoms with Gasteiger partial charge in [-0.3, -0.25) is 4.79 Å². The molecule has 0 aliphatic carbocycles. The molecule has 1 aliphatic heterocycles. The van der Waals surface area contributed by atoms with Crippen LogP contribution >= 0.6 is 39.3 Å². The molecule has 96 valence electrons. The molecule has 1 aromatic carbocycles. The number of aliphatic carboxylic acids is 1. The molecule has 1 fully saturated rings. The van der Waals surface area contributed by atoms with Gasteiger partial charge in [-0.05, 0) is 18.2 Å². The van der Waals surface area contributed by atoms with Crippen LogP contribution in [0.1, 0.15) is 10.4 Å². The van der Waals surface area contributed by atoms with Gasteiger partial charge in [0.1, 0.15) is 6.04 Å². The molecule has 2 rings (SSSR count). The quantitative estimate of drug-likeness (QED) is 0.891. The van der Waals surface area contributed by atoms with Gasteiger partial charge < -0.3 is 10.0 Å². The lowest BCUT2D eigenvalue weighted by molar-refractivity contribution is -0.140. The van der Waals surface area contributed by atoms with Crippen LogP contribution in [0.2, 0.25) is 5.02 Å². The monoisotopic (exact) mass is 349 g/mol. The summed E-state index contributed by atoms with van der Waals surface area (Å²) >= 11 is 10.7. The van der Waals surface area contributed by atoms with Crippen molar-refractivity contribution in [3.8, 4) is 0 Å². The zero-order valence-corrected chi connectivity index (χ0v) is 12.3. The third-order valence-electron chi connectivity index (χ3n) is 2.59. The fourth-order valence-corrected chi connectivity index (χ4v) is 3.37. The number of thioether (sulfide) groups is 1. The molecule has 1 unspecified atom stereocenters. The van der Waals surface area contributed by atoms with Gasteiger partial charge in [-0.25, -0.2) is 4.79 Å². The van der Waals surface area contributed by atoms with Gasteiger partial charge in [0.15, 0.2) is 0 Å². The number of nitrogens with zero attached hydrogens (tertiary/aromatic N) is 1. The van der Waals surface area contributed by atoms with Gasteiger partial charge >= 0.3 is 5.97 Å². The van der Waals surface area contributed by atoms with E-state index in [9.17, 15) is 9.59 Å². The molecule has 0 aromatic heterocycles. The highest BCUT2D eigenvalue weighted by molar-refractivity contribution is 9.10. The summed E-state index contributed by atoms with van der Waals surface area (Å²) in [7, 11) is 0. The SMILES string of the molecule is O=C(O)C1CSCN1C(=O)c1cc(Br)ccc1Cl. The Kier molecular flexibility index (Phi) is 4.19. The zero-order chi connectivity index (χ0) is 13.3. The summed E-state index contributed by atoms with van der Waals surface area (Å²) in [5.74, 6) is -0.552. The molecular formula is C11H9BrClNO3S. The van der Waals surface area contributed by atoms with Crippen LogP contribution in [0.4, 0.5) is 0 Å². The van der Waals surface area contributed by atoms with Crippen molar-refractivity contribution in [2.75, 3.05) is 11.6 Å². The molecule has 1 aromatic rings. The van der Waals surface area contributed by atoms with E-state index < -0.39 is 12.0 Å². The number of hydrogen-bond donors (Lipinski definition) is 1. The van der Waals surface area contributed by atoms with E-state index in [2.05, 4.69) is 15.9 Å². The number of carboxylic acids is 1. The first-order valence-electron chi connectivity index (χ1n) is 5.07. The lowest BCUT2D eigenvalue weighted by atomic mass is 10.2. The van der Waals surface area contributed by atoms with E-state index in [1.807, 2.05) is 0 Å². The molecule has 0 radical (unpaired) electrons. The normalized spacial score (nSPS) is 19.0. The third kappa shape index (κ3) is 2.65. The topological polar surface area (TPSA) is 57.6 Å². The summed E-state index contributed by atoms with van der Waals surface area (Å²) in [5.41, 5.74) is 0.319. The Morgan fingerprint density at radius 3 is 2.89 bits per heavy atom. The highest BCUT2D eigenvalue weighted by Gasteiger charge is 2.35. The number of halogens is 2. The van der Waals surface area contributed by atoms with Gasteiger partial charge in [-0.15, -0.1) is 11.8 Å². The maximum atomic E-state index is 12.3. The van der Waals surface area contributed by atoms with Crippen molar-refractivity contribution in [3.05, 3.63) is 33.3 Å². The van der Waals surface area contributed by atoms with E-state index in [0.29, 0.717) is 22.2 Å². The Balaban J connectivity index is 2.31. The van der Waals surface area contributed by atoms with Gasteiger partial charge in [-0.2, -0.15) is 0 Å². The van der Waals surface area contributed by atoms with Crippen LogP contribution in [0.15, 0.2) is 22.7 Å². The Morgan fingerprint density at radius 1 is 1.50 bits per heavy atom. The van der Waals surface area contributed by atoms with Crippen molar-refractivity contribution < 1.29 is 14.7 Å². The highest BCUT2D eigenvalue weighted by Crippen LogP contribution is 2.27. The largest absolute Gasteiger partial charge is 0.480 e. The van der Waals surface area contributed by atoms with E-state index in [4.69, 9.17) is 16.7 Å². The predicted molar refractivity (Wildman–Crippen MR) is 74.1 cm³/mol. The fourth-order valence-electron chi connectivity index (χ4n) is 1.66. The molecule has 1 heterocycles. The number of hydrogen-bond acceptors (Lipinski definition) is 3. The minimum Gasteiger partial charge on any atom is -0.480 e. The minimum atomic E-state index is -0.987. The molecule has 1 atom stereocenters. The zero-order valence-electron chi connectivity index (χ0n) is 9.10. The number of carboxylic acid groups (broad SMARTS) is 1. The molecule has 1 amide bonds. The first-order chi connectivity index (χ1) is 8.50. The number of carbonyl (C=O) groups excluding carboxylic acids is 1. The lowest BCUT2D eigenvalue weighted by Crippen LogP contribution is -2.41. The Bertz CT molecular complexity index is 511. The highest BCUT2D eigenvalue weighted by atomic mass is 79.9. The number of amides is 1. The predicted octanol–water partition coefficient (Wildman–Crippen LogP) is 2.70. The van der Waals surface area contributed by atoms with E-state index in [0.717, 1.165) is 4.47 Å². The molecular weight excluding hydrogens is 342 g/mol. The van der Waals surface area contributed by atoms with Crippen molar-refractivity contribution in [1.29, 1.82) is 0 Å². The molecule has 4 nitrogen and oxygen atoms in total. The average Bonchev–Trinajstić information content (AvgIpc) is 2.80. The Hall–Kier alpha value is -0.720. The maximum Gasteiger partial charge on any atom is 0.327 e. The average molecular weight is 351 g/mol. The molecule has 0 spiro atoms. The summed E-state index contributed by atoms with van der Waals surface area (Å²) in [6.45, 7) is 0. The molecule has 18 heavy (non-hydrogen) atoms. The second kappa shape index (κ2) is 5.50. The van der Waals surface area contributed by atoms with Crippen molar-refractivity contribution in [3.63, 3.8) is 0 Å². The fraction of sp³-hybridized carbons (Fsp3) is 0.273. The number of benzene rings is 1. The molecule has 1 saturated heterocycles. The van der Waals surface area contributed by atoms with E-state index in [-0.39, 0.29) is 5.91 Å². The summed E-state index contributed by atoms with van der Waals surface area (Å²) in [4.78, 5) is 24.7. The first-order valence-corrected chi connectivity index (χ1v) is 7.40. The van der Waals surface area contributed by atoms with Crippen LogP contribution in [-0.2, 0) is 4.79 Å². The maximum absolute atomic E-state index is 12.3. The van der Waals surface area contributed by atoms with Crippen LogP contribution in [0.25, 0.3) is 0 Å². The minimum absolute atomic E-state index is 0.319. The van der Waals surface area contributed by atoms with Crippen LogP contribution in [0, 0.1) is 0 Å². The third-order valence-corrected chi connectivity index (χ3v) is 4.42. The molecule has 0 saturated carbocycles.